The van der Waals surface area contributed by atoms with Crippen LogP contribution in [0.15, 0.2) is 24.3 Å². The Bertz CT molecular complexity index is 489. The molecule has 5 heteroatoms. The van der Waals surface area contributed by atoms with Gasteiger partial charge in [-0.3, -0.25) is 9.59 Å². The van der Waals surface area contributed by atoms with Crippen molar-refractivity contribution >= 4 is 23.3 Å². The van der Waals surface area contributed by atoms with Crippen LogP contribution in [0.3, 0.4) is 0 Å². The summed E-state index contributed by atoms with van der Waals surface area (Å²) in [6.07, 6.45) is 0.435. The average Bonchev–Trinajstić information content (AvgIpc) is 2.39. The van der Waals surface area contributed by atoms with E-state index in [0.717, 1.165) is 0 Å². The lowest BCUT2D eigenvalue weighted by Crippen LogP contribution is -2.45. The first-order chi connectivity index (χ1) is 9.06. The zero-order valence-corrected chi connectivity index (χ0v) is 11.5. The maximum atomic E-state index is 12.0. The highest BCUT2D eigenvalue weighted by atomic mass is 35.5. The summed E-state index contributed by atoms with van der Waals surface area (Å²) in [7, 11) is 0. The number of benzene rings is 1. The van der Waals surface area contributed by atoms with E-state index in [1.54, 1.807) is 29.2 Å². The Morgan fingerprint density at radius 1 is 1.53 bits per heavy atom. The van der Waals surface area contributed by atoms with Crippen LogP contribution in [0.2, 0.25) is 5.02 Å². The minimum absolute atomic E-state index is 0.0265. The lowest BCUT2D eigenvalue weighted by atomic mass is 9.99. The smallest absolute Gasteiger partial charge is 0.260 e. The van der Waals surface area contributed by atoms with Crippen LogP contribution in [0.25, 0.3) is 0 Å². The van der Waals surface area contributed by atoms with Crippen molar-refractivity contribution in [3.8, 4) is 5.75 Å². The van der Waals surface area contributed by atoms with Crippen LogP contribution >= 0.6 is 11.6 Å². The second-order valence-electron chi connectivity index (χ2n) is 4.70. The van der Waals surface area contributed by atoms with E-state index >= 15 is 0 Å². The molecule has 0 aliphatic carbocycles. The minimum atomic E-state index is -0.0978. The molecule has 0 bridgehead atoms. The summed E-state index contributed by atoms with van der Waals surface area (Å²) in [5.74, 6) is 0.616. The summed E-state index contributed by atoms with van der Waals surface area (Å²) in [4.78, 5) is 25.0. The van der Waals surface area contributed by atoms with E-state index in [1.807, 2.05) is 6.92 Å². The van der Waals surface area contributed by atoms with Gasteiger partial charge in [0.1, 0.15) is 11.5 Å². The number of nitrogens with zero attached hydrogens (tertiary/aromatic N) is 1. The molecule has 1 aromatic carbocycles. The van der Waals surface area contributed by atoms with E-state index in [0.29, 0.717) is 30.3 Å². The molecule has 1 unspecified atom stereocenters. The van der Waals surface area contributed by atoms with Gasteiger partial charge in [-0.1, -0.05) is 24.6 Å². The fourth-order valence-corrected chi connectivity index (χ4v) is 2.22. The number of carbonyl (C=O) groups excluding carboxylic acids is 2. The summed E-state index contributed by atoms with van der Waals surface area (Å²) in [5.41, 5.74) is 0. The van der Waals surface area contributed by atoms with Crippen molar-refractivity contribution in [2.24, 2.45) is 5.92 Å². The van der Waals surface area contributed by atoms with E-state index < -0.39 is 0 Å². The molecular formula is C14H16ClNO3. The number of piperidine rings is 1. The van der Waals surface area contributed by atoms with E-state index in [4.69, 9.17) is 16.3 Å². The van der Waals surface area contributed by atoms with Crippen molar-refractivity contribution in [1.29, 1.82) is 0 Å². The number of halogens is 1. The van der Waals surface area contributed by atoms with Gasteiger partial charge in [-0.2, -0.15) is 0 Å². The topological polar surface area (TPSA) is 46.6 Å². The Balaban J connectivity index is 1.86. The first-order valence-corrected chi connectivity index (χ1v) is 6.63. The Hall–Kier alpha value is -1.55. The molecular weight excluding hydrogens is 266 g/mol. The van der Waals surface area contributed by atoms with Crippen LogP contribution in [-0.2, 0) is 9.59 Å². The van der Waals surface area contributed by atoms with Gasteiger partial charge in [-0.05, 0) is 18.2 Å². The van der Waals surface area contributed by atoms with Crippen LogP contribution in [0.1, 0.15) is 13.3 Å². The Morgan fingerprint density at radius 2 is 2.32 bits per heavy atom. The minimum Gasteiger partial charge on any atom is -0.484 e. The number of amides is 1. The summed E-state index contributed by atoms with van der Waals surface area (Å²) < 4.78 is 5.40. The molecule has 0 aromatic heterocycles. The first kappa shape index (κ1) is 13.9. The fourth-order valence-electron chi connectivity index (χ4n) is 2.03. The highest BCUT2D eigenvalue weighted by Crippen LogP contribution is 2.17. The maximum Gasteiger partial charge on any atom is 0.260 e. The van der Waals surface area contributed by atoms with Crippen LogP contribution < -0.4 is 4.74 Å². The van der Waals surface area contributed by atoms with Gasteiger partial charge in [0.05, 0.1) is 0 Å². The summed E-state index contributed by atoms with van der Waals surface area (Å²) >= 11 is 5.83. The van der Waals surface area contributed by atoms with E-state index in [1.165, 1.54) is 0 Å². The van der Waals surface area contributed by atoms with Crippen LogP contribution in [0.5, 0.6) is 5.75 Å². The van der Waals surface area contributed by atoms with Crippen LogP contribution in [0.4, 0.5) is 0 Å². The molecule has 1 aromatic rings. The average molecular weight is 282 g/mol. The number of ether oxygens (including phenoxy) is 1. The van der Waals surface area contributed by atoms with Gasteiger partial charge >= 0.3 is 0 Å². The first-order valence-electron chi connectivity index (χ1n) is 6.25. The van der Waals surface area contributed by atoms with Gasteiger partial charge in [-0.15, -0.1) is 0 Å². The zero-order chi connectivity index (χ0) is 13.8. The third kappa shape index (κ3) is 3.70. The van der Waals surface area contributed by atoms with Crippen molar-refractivity contribution in [3.05, 3.63) is 29.3 Å². The summed E-state index contributed by atoms with van der Waals surface area (Å²) in [5, 5.41) is 0.571. The molecule has 1 aliphatic heterocycles. The quantitative estimate of drug-likeness (QED) is 0.853. The van der Waals surface area contributed by atoms with E-state index in [9.17, 15) is 9.59 Å². The molecule has 0 radical (unpaired) electrons. The molecule has 102 valence electrons. The molecule has 4 nitrogen and oxygen atoms in total. The second-order valence-corrected chi connectivity index (χ2v) is 5.14. The highest BCUT2D eigenvalue weighted by molar-refractivity contribution is 6.30. The van der Waals surface area contributed by atoms with Crippen molar-refractivity contribution in [1.82, 2.24) is 4.90 Å². The van der Waals surface area contributed by atoms with Crippen molar-refractivity contribution in [3.63, 3.8) is 0 Å². The molecule has 19 heavy (non-hydrogen) atoms. The highest BCUT2D eigenvalue weighted by Gasteiger charge is 2.26. The van der Waals surface area contributed by atoms with Gasteiger partial charge in [0.2, 0.25) is 0 Å². The molecule has 1 saturated heterocycles. The van der Waals surface area contributed by atoms with E-state index in [-0.39, 0.29) is 24.2 Å². The van der Waals surface area contributed by atoms with Crippen LogP contribution in [0, 0.1) is 5.92 Å². The largest absolute Gasteiger partial charge is 0.484 e. The van der Waals surface area contributed by atoms with Crippen molar-refractivity contribution in [2.45, 2.75) is 13.3 Å². The monoisotopic (exact) mass is 281 g/mol. The lowest BCUT2D eigenvalue weighted by Gasteiger charge is -2.29. The maximum absolute atomic E-state index is 12.0. The lowest BCUT2D eigenvalue weighted by molar-refractivity contribution is -0.138. The fraction of sp³-hybridized carbons (Fsp3) is 0.429. The number of rotatable bonds is 3. The van der Waals surface area contributed by atoms with Gasteiger partial charge in [0, 0.05) is 30.5 Å². The van der Waals surface area contributed by atoms with Crippen LogP contribution in [-0.4, -0.2) is 36.3 Å². The number of likely N-dealkylation sites (tertiary alicyclic amines) is 1. The number of hydrogen-bond donors (Lipinski definition) is 0. The Morgan fingerprint density at radius 3 is 3.00 bits per heavy atom. The van der Waals surface area contributed by atoms with Crippen molar-refractivity contribution < 1.29 is 14.3 Å². The normalized spacial score (nSPS) is 19.4. The molecule has 0 N–H and O–H groups in total. The van der Waals surface area contributed by atoms with Gasteiger partial charge < -0.3 is 9.64 Å². The third-order valence-electron chi connectivity index (χ3n) is 3.18. The molecule has 0 saturated carbocycles. The van der Waals surface area contributed by atoms with Gasteiger partial charge in [0.25, 0.3) is 5.91 Å². The molecule has 1 atom stereocenters. The molecule has 1 aliphatic rings. The van der Waals surface area contributed by atoms with Crippen molar-refractivity contribution in [2.75, 3.05) is 19.7 Å². The molecule has 1 fully saturated rings. The number of hydrogen-bond acceptors (Lipinski definition) is 3. The Labute approximate surface area is 117 Å². The van der Waals surface area contributed by atoms with Gasteiger partial charge in [0.15, 0.2) is 6.61 Å². The SMILES string of the molecule is CC1CN(C(=O)COc2cccc(Cl)c2)CCC1=O. The summed E-state index contributed by atoms with van der Waals surface area (Å²) in [6.45, 7) is 2.79. The molecule has 1 heterocycles. The third-order valence-corrected chi connectivity index (χ3v) is 3.42. The number of ketones is 1. The van der Waals surface area contributed by atoms with Gasteiger partial charge in [-0.25, -0.2) is 0 Å². The second kappa shape index (κ2) is 6.06. The Kier molecular flexibility index (Phi) is 4.43. The standard InChI is InChI=1S/C14H16ClNO3/c1-10-8-16(6-5-13(10)17)14(18)9-19-12-4-2-3-11(15)7-12/h2-4,7,10H,5-6,8-9H2,1H3. The zero-order valence-electron chi connectivity index (χ0n) is 10.8. The predicted molar refractivity (Wildman–Crippen MR) is 72.3 cm³/mol. The summed E-state index contributed by atoms with van der Waals surface area (Å²) in [6, 6.07) is 6.93. The van der Waals surface area contributed by atoms with E-state index in [2.05, 4.69) is 0 Å². The number of Topliss-reactive ketones (excluding diaryl/α,β-unsaturated/α-hetero) is 1. The predicted octanol–water partition coefficient (Wildman–Crippen LogP) is 2.16. The number of carbonyl (C=O) groups is 2. The molecule has 1 amide bonds. The molecule has 0 spiro atoms. The molecule has 2 rings (SSSR count).